The van der Waals surface area contributed by atoms with E-state index in [0.29, 0.717) is 0 Å². The van der Waals surface area contributed by atoms with Gasteiger partial charge in [0.15, 0.2) is 0 Å². The van der Waals surface area contributed by atoms with Crippen molar-refractivity contribution >= 4 is 6.08 Å². The lowest BCUT2D eigenvalue weighted by Gasteiger charge is -2.10. The second-order valence-electron chi connectivity index (χ2n) is 5.76. The van der Waals surface area contributed by atoms with Crippen LogP contribution in [-0.2, 0) is 6.54 Å². The van der Waals surface area contributed by atoms with E-state index in [0.717, 1.165) is 13.1 Å². The van der Waals surface area contributed by atoms with E-state index in [9.17, 15) is 0 Å². The Labute approximate surface area is 135 Å². The monoisotopic (exact) mass is 293 g/mol. The summed E-state index contributed by atoms with van der Waals surface area (Å²) in [5, 5.41) is 3.58. The highest BCUT2D eigenvalue weighted by atomic mass is 14.8. The molecule has 0 saturated heterocycles. The Balaban J connectivity index is 1.91. The molecule has 0 spiro atoms. The van der Waals surface area contributed by atoms with Crippen LogP contribution in [0.2, 0.25) is 0 Å². The molecule has 2 aromatic carbocycles. The summed E-state index contributed by atoms with van der Waals surface area (Å²) < 4.78 is 0. The Hall–Kier alpha value is -1.86. The number of nitrogens with one attached hydrogen (secondary N) is 1. The largest absolute Gasteiger partial charge is 0.309 e. The second-order valence-corrected chi connectivity index (χ2v) is 5.76. The number of unbranched alkanes of at least 4 members (excludes halogenated alkanes) is 2. The third-order valence-electron chi connectivity index (χ3n) is 3.80. The van der Waals surface area contributed by atoms with Gasteiger partial charge in [0.2, 0.25) is 0 Å². The molecule has 1 nitrogen and oxygen atoms in total. The molecule has 0 aliphatic rings. The molecule has 0 atom stereocenters. The predicted octanol–water partition coefficient (Wildman–Crippen LogP) is 5.44. The van der Waals surface area contributed by atoms with Crippen molar-refractivity contribution < 1.29 is 0 Å². The van der Waals surface area contributed by atoms with Crippen LogP contribution in [0.15, 0.2) is 66.2 Å². The average Bonchev–Trinajstić information content (AvgIpc) is 2.57. The van der Waals surface area contributed by atoms with E-state index in [2.05, 4.69) is 79.0 Å². The van der Waals surface area contributed by atoms with E-state index in [1.54, 1.807) is 0 Å². The number of benzene rings is 2. The van der Waals surface area contributed by atoms with Crippen molar-refractivity contribution in [2.45, 2.75) is 39.2 Å². The van der Waals surface area contributed by atoms with Crippen LogP contribution in [0.4, 0.5) is 0 Å². The smallest absolute Gasteiger partial charge is 0.0208 e. The summed E-state index contributed by atoms with van der Waals surface area (Å²) >= 11 is 0. The van der Waals surface area contributed by atoms with E-state index in [1.165, 1.54) is 42.4 Å². The fourth-order valence-corrected chi connectivity index (χ4v) is 2.56. The zero-order chi connectivity index (χ0) is 15.5. The van der Waals surface area contributed by atoms with Gasteiger partial charge in [0, 0.05) is 13.1 Å². The maximum absolute atomic E-state index is 3.58. The first-order valence-electron chi connectivity index (χ1n) is 8.37. The van der Waals surface area contributed by atoms with Crippen LogP contribution in [0.1, 0.15) is 43.7 Å². The second kappa shape index (κ2) is 9.97. The van der Waals surface area contributed by atoms with Crippen LogP contribution < -0.4 is 5.32 Å². The van der Waals surface area contributed by atoms with Crippen LogP contribution in [0.25, 0.3) is 6.08 Å². The van der Waals surface area contributed by atoms with E-state index in [-0.39, 0.29) is 0 Å². The standard InChI is InChI=1S/C21H27N/c1-2-3-6-15-21(16-19-11-7-4-8-12-19)18-22-17-20-13-9-5-10-14-20/h4-5,7-14,16,22H,2-3,6,15,17-18H2,1H3. The van der Waals surface area contributed by atoms with Gasteiger partial charge in [-0.2, -0.15) is 0 Å². The SMILES string of the molecule is CCCCCC(=Cc1ccccc1)CNCc1ccccc1. The van der Waals surface area contributed by atoms with Crippen LogP contribution in [0.3, 0.4) is 0 Å². The van der Waals surface area contributed by atoms with Crippen molar-refractivity contribution in [3.8, 4) is 0 Å². The maximum atomic E-state index is 3.58. The quantitative estimate of drug-likeness (QED) is 0.607. The van der Waals surface area contributed by atoms with Crippen molar-refractivity contribution in [1.82, 2.24) is 5.32 Å². The molecule has 2 rings (SSSR count). The van der Waals surface area contributed by atoms with Crippen LogP contribution in [-0.4, -0.2) is 6.54 Å². The van der Waals surface area contributed by atoms with E-state index < -0.39 is 0 Å². The Morgan fingerprint density at radius 1 is 0.909 bits per heavy atom. The molecule has 0 saturated carbocycles. The van der Waals surface area contributed by atoms with Crippen LogP contribution in [0, 0.1) is 0 Å². The lowest BCUT2D eigenvalue weighted by molar-refractivity contribution is 0.672. The van der Waals surface area contributed by atoms with Crippen LogP contribution >= 0.6 is 0 Å². The Morgan fingerprint density at radius 3 is 2.27 bits per heavy atom. The minimum atomic E-state index is 0.931. The topological polar surface area (TPSA) is 12.0 Å². The summed E-state index contributed by atoms with van der Waals surface area (Å²) in [6.07, 6.45) is 7.39. The van der Waals surface area contributed by atoms with Crippen molar-refractivity contribution in [2.75, 3.05) is 6.54 Å². The summed E-state index contributed by atoms with van der Waals surface area (Å²) in [4.78, 5) is 0. The molecule has 0 aliphatic heterocycles. The van der Waals surface area contributed by atoms with Crippen molar-refractivity contribution in [3.05, 3.63) is 77.4 Å². The predicted molar refractivity (Wildman–Crippen MR) is 96.7 cm³/mol. The summed E-state index contributed by atoms with van der Waals surface area (Å²) in [5.74, 6) is 0. The minimum Gasteiger partial charge on any atom is -0.309 e. The maximum Gasteiger partial charge on any atom is 0.0208 e. The van der Waals surface area contributed by atoms with Crippen molar-refractivity contribution in [2.24, 2.45) is 0 Å². The van der Waals surface area contributed by atoms with Gasteiger partial charge in [0.25, 0.3) is 0 Å². The molecular formula is C21H27N. The molecular weight excluding hydrogens is 266 g/mol. The van der Waals surface area contributed by atoms with Crippen molar-refractivity contribution in [3.63, 3.8) is 0 Å². The molecule has 0 amide bonds. The molecule has 0 radical (unpaired) electrons. The van der Waals surface area contributed by atoms with E-state index in [4.69, 9.17) is 0 Å². The molecule has 0 bridgehead atoms. The molecule has 22 heavy (non-hydrogen) atoms. The van der Waals surface area contributed by atoms with Crippen LogP contribution in [0.5, 0.6) is 0 Å². The van der Waals surface area contributed by atoms with E-state index >= 15 is 0 Å². The first kappa shape index (κ1) is 16.5. The normalized spacial score (nSPS) is 11.6. The third kappa shape index (κ3) is 6.28. The Bertz CT molecular complexity index is 543. The molecule has 0 fully saturated rings. The minimum absolute atomic E-state index is 0.931. The highest BCUT2D eigenvalue weighted by molar-refractivity contribution is 5.52. The highest BCUT2D eigenvalue weighted by Crippen LogP contribution is 2.13. The van der Waals surface area contributed by atoms with Gasteiger partial charge in [-0.05, 0) is 24.0 Å². The van der Waals surface area contributed by atoms with Gasteiger partial charge in [-0.25, -0.2) is 0 Å². The first-order valence-corrected chi connectivity index (χ1v) is 8.37. The third-order valence-corrected chi connectivity index (χ3v) is 3.80. The first-order chi connectivity index (χ1) is 10.9. The van der Waals surface area contributed by atoms with Crippen molar-refractivity contribution in [1.29, 1.82) is 0 Å². The average molecular weight is 293 g/mol. The van der Waals surface area contributed by atoms with Gasteiger partial charge in [-0.1, -0.05) is 92.1 Å². The molecule has 0 aromatic heterocycles. The zero-order valence-electron chi connectivity index (χ0n) is 13.6. The molecule has 0 heterocycles. The fourth-order valence-electron chi connectivity index (χ4n) is 2.56. The molecule has 0 unspecified atom stereocenters. The van der Waals surface area contributed by atoms with Gasteiger partial charge in [0.05, 0.1) is 0 Å². The summed E-state index contributed by atoms with van der Waals surface area (Å²) in [7, 11) is 0. The summed E-state index contributed by atoms with van der Waals surface area (Å²) in [5.41, 5.74) is 4.14. The van der Waals surface area contributed by atoms with Gasteiger partial charge in [0.1, 0.15) is 0 Å². The highest BCUT2D eigenvalue weighted by Gasteiger charge is 1.99. The summed E-state index contributed by atoms with van der Waals surface area (Å²) in [6, 6.07) is 21.2. The number of hydrogen-bond donors (Lipinski definition) is 1. The van der Waals surface area contributed by atoms with Gasteiger partial charge < -0.3 is 5.32 Å². The molecule has 0 aliphatic carbocycles. The molecule has 2 aromatic rings. The zero-order valence-corrected chi connectivity index (χ0v) is 13.6. The Morgan fingerprint density at radius 2 is 1.59 bits per heavy atom. The fraction of sp³-hybridized carbons (Fsp3) is 0.333. The number of hydrogen-bond acceptors (Lipinski definition) is 1. The Kier molecular flexibility index (Phi) is 7.48. The lowest BCUT2D eigenvalue weighted by atomic mass is 10.0. The summed E-state index contributed by atoms with van der Waals surface area (Å²) in [6.45, 7) is 4.16. The molecule has 116 valence electrons. The van der Waals surface area contributed by atoms with Gasteiger partial charge >= 0.3 is 0 Å². The lowest BCUT2D eigenvalue weighted by Crippen LogP contribution is -2.16. The number of rotatable bonds is 9. The molecule has 1 heteroatoms. The van der Waals surface area contributed by atoms with Gasteiger partial charge in [-0.3, -0.25) is 0 Å². The van der Waals surface area contributed by atoms with Gasteiger partial charge in [-0.15, -0.1) is 0 Å². The molecule has 1 N–H and O–H groups in total. The van der Waals surface area contributed by atoms with E-state index in [1.807, 2.05) is 0 Å².